The van der Waals surface area contributed by atoms with E-state index in [0.717, 1.165) is 34.3 Å². The maximum atomic E-state index is 13.5. The number of rotatable bonds is 8. The number of aryl methyl sites for hydroxylation is 1. The number of benzene rings is 2. The van der Waals surface area contributed by atoms with Gasteiger partial charge in [-0.2, -0.15) is 5.26 Å². The van der Waals surface area contributed by atoms with Crippen molar-refractivity contribution in [3.8, 4) is 22.9 Å². The van der Waals surface area contributed by atoms with Gasteiger partial charge >= 0.3 is 5.97 Å². The summed E-state index contributed by atoms with van der Waals surface area (Å²) in [7, 11) is -3.40. The zero-order chi connectivity index (χ0) is 27.8. The van der Waals surface area contributed by atoms with Crippen LogP contribution in [0.4, 0.5) is 5.69 Å². The van der Waals surface area contributed by atoms with Crippen molar-refractivity contribution < 1.29 is 27.9 Å². The molecule has 1 aliphatic carbocycles. The summed E-state index contributed by atoms with van der Waals surface area (Å²) >= 11 is 0. The predicted molar refractivity (Wildman–Crippen MR) is 143 cm³/mol. The van der Waals surface area contributed by atoms with Crippen LogP contribution in [-0.4, -0.2) is 43.2 Å². The number of nitrogens with zero attached hydrogens (tertiary/aromatic N) is 2. The average molecular weight is 546 g/mol. The normalized spacial score (nSPS) is 19.4. The second-order valence-corrected chi connectivity index (χ2v) is 12.1. The van der Waals surface area contributed by atoms with Crippen molar-refractivity contribution in [2.75, 3.05) is 18.2 Å². The molecule has 39 heavy (non-hydrogen) atoms. The lowest BCUT2D eigenvalue weighted by molar-refractivity contribution is -0.137. The zero-order valence-electron chi connectivity index (χ0n) is 21.3. The Bertz CT molecular complexity index is 1610. The molecular formula is C29H27N3O6S. The predicted octanol–water partition coefficient (Wildman–Crippen LogP) is 4.11. The number of nitriles is 1. The Morgan fingerprint density at radius 1 is 1.18 bits per heavy atom. The Morgan fingerprint density at radius 2 is 1.97 bits per heavy atom. The van der Waals surface area contributed by atoms with Crippen LogP contribution in [0.1, 0.15) is 42.4 Å². The molecule has 10 heteroatoms. The molecule has 9 nitrogen and oxygen atoms in total. The zero-order valence-corrected chi connectivity index (χ0v) is 22.1. The minimum Gasteiger partial charge on any atom is -0.493 e. The largest absolute Gasteiger partial charge is 0.493 e. The van der Waals surface area contributed by atoms with Gasteiger partial charge in [0.2, 0.25) is 5.91 Å². The van der Waals surface area contributed by atoms with Gasteiger partial charge in [-0.3, -0.25) is 9.59 Å². The first-order chi connectivity index (χ1) is 18.6. The molecule has 0 unspecified atom stereocenters. The summed E-state index contributed by atoms with van der Waals surface area (Å²) in [4.78, 5) is 28.5. The van der Waals surface area contributed by atoms with Crippen LogP contribution in [0.5, 0.6) is 5.75 Å². The number of sulfone groups is 1. The minimum absolute atomic E-state index is 0.00531. The van der Waals surface area contributed by atoms with Crippen molar-refractivity contribution in [2.24, 2.45) is 5.92 Å². The molecule has 2 aliphatic rings. The molecule has 3 aromatic rings. The van der Waals surface area contributed by atoms with Gasteiger partial charge in [-0.15, -0.1) is 0 Å². The Balaban J connectivity index is 1.39. The maximum absolute atomic E-state index is 13.5. The first-order valence-electron chi connectivity index (χ1n) is 12.6. The van der Waals surface area contributed by atoms with E-state index in [0.29, 0.717) is 43.5 Å². The molecule has 1 aliphatic heterocycles. The summed E-state index contributed by atoms with van der Waals surface area (Å²) < 4.78 is 29.5. The number of fused-ring (bicyclic) bond motifs is 2. The van der Waals surface area contributed by atoms with Crippen molar-refractivity contribution in [3.63, 3.8) is 0 Å². The van der Waals surface area contributed by atoms with Gasteiger partial charge in [0.05, 0.1) is 18.2 Å². The molecule has 2 N–H and O–H groups in total. The van der Waals surface area contributed by atoms with Gasteiger partial charge in [0.25, 0.3) is 0 Å². The van der Waals surface area contributed by atoms with E-state index in [-0.39, 0.29) is 28.7 Å². The number of pyridine rings is 1. The molecule has 1 aromatic heterocycles. The Morgan fingerprint density at radius 3 is 2.67 bits per heavy atom. The van der Waals surface area contributed by atoms with E-state index in [4.69, 9.17) is 9.84 Å². The number of nitrogens with one attached hydrogen (secondary N) is 1. The number of carbonyl (C=O) groups is 2. The molecular weight excluding hydrogens is 518 g/mol. The smallest absolute Gasteiger partial charge is 0.303 e. The Hall–Kier alpha value is -4.23. The standard InChI is InChI=1S/C29H27N3O6S/c1-39(36,37)26-10-8-21(17-31-26)20-7-9-25-22(14-20)29(11-12-38-25)15-23(29)28(35)32-24-13-18(16-30)5-6-19(24)3-2-4-27(33)34/h5-10,13-14,17,23H,2-4,11-12,15H2,1H3,(H,32,35)(H,33,34)/t23-,29-/m0/s1. The molecule has 2 aromatic carbocycles. The van der Waals surface area contributed by atoms with E-state index in [1.165, 1.54) is 12.3 Å². The number of amides is 1. The maximum Gasteiger partial charge on any atom is 0.303 e. The average Bonchev–Trinajstić information content (AvgIpc) is 3.63. The number of carboxylic acid groups (broad SMARTS) is 1. The number of carbonyl (C=O) groups excluding carboxylic acids is 1. The van der Waals surface area contributed by atoms with Crippen LogP contribution in [0.15, 0.2) is 59.8 Å². The number of aliphatic carboxylic acids is 1. The van der Waals surface area contributed by atoms with Crippen LogP contribution in [0.2, 0.25) is 0 Å². The number of hydrogen-bond acceptors (Lipinski definition) is 7. The fraction of sp³-hybridized carbons (Fsp3) is 0.310. The van der Waals surface area contributed by atoms with Gasteiger partial charge in [0.1, 0.15) is 5.75 Å². The van der Waals surface area contributed by atoms with Crippen LogP contribution >= 0.6 is 0 Å². The Labute approximate surface area is 226 Å². The molecule has 0 saturated heterocycles. The fourth-order valence-electron chi connectivity index (χ4n) is 5.33. The monoisotopic (exact) mass is 545 g/mol. The lowest BCUT2D eigenvalue weighted by atomic mass is 9.85. The van der Waals surface area contributed by atoms with Gasteiger partial charge in [-0.25, -0.2) is 13.4 Å². The topological polar surface area (TPSA) is 146 Å². The first kappa shape index (κ1) is 26.4. The Kier molecular flexibility index (Phi) is 6.87. The summed E-state index contributed by atoms with van der Waals surface area (Å²) in [5.41, 5.74) is 3.89. The molecule has 0 radical (unpaired) electrons. The third kappa shape index (κ3) is 5.36. The highest BCUT2D eigenvalue weighted by molar-refractivity contribution is 7.90. The van der Waals surface area contributed by atoms with Crippen molar-refractivity contribution in [1.29, 1.82) is 5.26 Å². The molecule has 2 heterocycles. The molecule has 1 spiro atoms. The van der Waals surface area contributed by atoms with Crippen molar-refractivity contribution in [1.82, 2.24) is 4.98 Å². The number of hydrogen-bond donors (Lipinski definition) is 2. The van der Waals surface area contributed by atoms with Gasteiger partial charge in [-0.1, -0.05) is 12.1 Å². The highest BCUT2D eigenvalue weighted by Crippen LogP contribution is 2.61. The molecule has 1 saturated carbocycles. The molecule has 0 bridgehead atoms. The van der Waals surface area contributed by atoms with E-state index < -0.39 is 15.8 Å². The van der Waals surface area contributed by atoms with Crippen molar-refractivity contribution in [3.05, 3.63) is 71.4 Å². The molecule has 5 rings (SSSR count). The van der Waals surface area contributed by atoms with Gasteiger partial charge in [0.15, 0.2) is 14.9 Å². The number of anilines is 1. The van der Waals surface area contributed by atoms with E-state index in [1.54, 1.807) is 24.3 Å². The fourth-order valence-corrected chi connectivity index (χ4v) is 5.89. The van der Waals surface area contributed by atoms with Gasteiger partial charge in [0, 0.05) is 47.0 Å². The van der Waals surface area contributed by atoms with Crippen LogP contribution in [0.25, 0.3) is 11.1 Å². The lowest BCUT2D eigenvalue weighted by Gasteiger charge is -2.27. The highest BCUT2D eigenvalue weighted by Gasteiger charge is 2.61. The first-order valence-corrected chi connectivity index (χ1v) is 14.5. The van der Waals surface area contributed by atoms with Crippen LogP contribution in [0, 0.1) is 17.2 Å². The van der Waals surface area contributed by atoms with Crippen molar-refractivity contribution in [2.45, 2.75) is 42.5 Å². The second kappa shape index (κ2) is 10.2. The second-order valence-electron chi connectivity index (χ2n) is 10.1. The summed E-state index contributed by atoms with van der Waals surface area (Å²) in [5, 5.41) is 21.3. The van der Waals surface area contributed by atoms with E-state index in [2.05, 4.69) is 16.4 Å². The summed E-state index contributed by atoms with van der Waals surface area (Å²) in [6.07, 6.45) is 4.88. The molecule has 200 valence electrons. The lowest BCUT2D eigenvalue weighted by Crippen LogP contribution is -2.27. The molecule has 1 amide bonds. The van der Waals surface area contributed by atoms with E-state index in [1.807, 2.05) is 18.2 Å². The van der Waals surface area contributed by atoms with Crippen molar-refractivity contribution >= 4 is 27.4 Å². The van der Waals surface area contributed by atoms with Crippen LogP contribution < -0.4 is 10.1 Å². The summed E-state index contributed by atoms with van der Waals surface area (Å²) in [6, 6.07) is 16.1. The van der Waals surface area contributed by atoms with E-state index in [9.17, 15) is 23.3 Å². The highest BCUT2D eigenvalue weighted by atomic mass is 32.2. The van der Waals surface area contributed by atoms with Gasteiger partial charge in [-0.05, 0) is 73.2 Å². The third-order valence-electron chi connectivity index (χ3n) is 7.50. The van der Waals surface area contributed by atoms with Gasteiger partial charge < -0.3 is 15.2 Å². The molecule has 2 atom stereocenters. The minimum atomic E-state index is -3.40. The SMILES string of the molecule is CS(=O)(=O)c1ccc(-c2ccc3c(c2)[C@]2(CCO3)C[C@H]2C(=O)Nc2cc(C#N)ccc2CCCC(=O)O)cn1. The van der Waals surface area contributed by atoms with Crippen LogP contribution in [0.3, 0.4) is 0 Å². The summed E-state index contributed by atoms with van der Waals surface area (Å²) in [5.74, 6) is -0.601. The van der Waals surface area contributed by atoms with E-state index >= 15 is 0 Å². The van der Waals surface area contributed by atoms with Crippen LogP contribution in [-0.2, 0) is 31.3 Å². The number of aromatic nitrogens is 1. The quantitative estimate of drug-likeness (QED) is 0.430. The third-order valence-corrected chi connectivity index (χ3v) is 8.50. The summed E-state index contributed by atoms with van der Waals surface area (Å²) in [6.45, 7) is 0.491. The molecule has 1 fully saturated rings. The number of carboxylic acids is 1. The number of ether oxygens (including phenoxy) is 1.